The highest BCUT2D eigenvalue weighted by Gasteiger charge is 2.48. The summed E-state index contributed by atoms with van der Waals surface area (Å²) in [6.07, 6.45) is 6.94. The van der Waals surface area contributed by atoms with Crippen LogP contribution in [0.4, 0.5) is 0 Å². The number of aromatic nitrogens is 1. The van der Waals surface area contributed by atoms with Gasteiger partial charge in [-0.3, -0.25) is 4.90 Å². The number of aryl methyl sites for hydroxylation is 1. The molecule has 1 atom stereocenters. The van der Waals surface area contributed by atoms with Gasteiger partial charge in [-0.25, -0.2) is 4.79 Å². The molecule has 33 heavy (non-hydrogen) atoms. The fourth-order valence-electron chi connectivity index (χ4n) is 5.46. The SMILES string of the molecule is [2H]C1(SC)CC2(CCN(C([2H])([2H])c3c(OC)cc(C)c4[nH]ccc34)[C@H](c3ccc(C(=O)O)cc3)C2)C1. The number of aromatic carboxylic acids is 1. The maximum atomic E-state index is 11.4. The van der Waals surface area contributed by atoms with Gasteiger partial charge in [0.1, 0.15) is 5.75 Å². The molecule has 5 nitrogen and oxygen atoms in total. The molecule has 0 amide bonds. The van der Waals surface area contributed by atoms with Gasteiger partial charge in [-0.2, -0.15) is 11.8 Å². The first-order chi connectivity index (χ1) is 17.0. The molecule has 5 rings (SSSR count). The number of nitrogens with zero attached hydrogens (tertiary/aromatic N) is 1. The van der Waals surface area contributed by atoms with Gasteiger partial charge in [-0.05, 0) is 86.2 Å². The Labute approximate surface area is 203 Å². The lowest BCUT2D eigenvalue weighted by molar-refractivity contribution is -0.00567. The van der Waals surface area contributed by atoms with Crippen molar-refractivity contribution < 1.29 is 18.8 Å². The normalized spacial score (nSPS) is 29.3. The number of H-pyrrole nitrogens is 1. The van der Waals surface area contributed by atoms with Crippen LogP contribution in [0.5, 0.6) is 5.75 Å². The van der Waals surface area contributed by atoms with Crippen molar-refractivity contribution in [3.63, 3.8) is 0 Å². The van der Waals surface area contributed by atoms with Crippen molar-refractivity contribution in [3.8, 4) is 5.75 Å². The molecule has 2 aliphatic rings. The van der Waals surface area contributed by atoms with E-state index in [0.29, 0.717) is 17.9 Å². The molecule has 1 aliphatic carbocycles. The number of methoxy groups -OCH3 is 1. The number of fused-ring (bicyclic) bond motifs is 1. The molecule has 1 aliphatic heterocycles. The van der Waals surface area contributed by atoms with Gasteiger partial charge in [0.05, 0.1) is 12.7 Å². The van der Waals surface area contributed by atoms with E-state index in [4.69, 9.17) is 6.11 Å². The Morgan fingerprint density at radius 1 is 1.33 bits per heavy atom. The zero-order chi connectivity index (χ0) is 25.9. The van der Waals surface area contributed by atoms with Crippen molar-refractivity contribution in [1.82, 2.24) is 9.88 Å². The summed E-state index contributed by atoms with van der Waals surface area (Å²) in [4.78, 5) is 16.6. The zero-order valence-electron chi connectivity index (χ0n) is 22.3. The monoisotopic (exact) mass is 467 g/mol. The standard InChI is InChI=1S/C27H32N2O3S/c1-17-12-24(32-2)22(21-8-10-28-25(17)21)16-29-11-9-27(13-20(14-27)33-3)15-23(29)18-4-6-19(7-5-18)26(30)31/h4-8,10,12,20,23,28H,9,11,13-16H2,1-3H3,(H,30,31)/t20?,23-,27?/m0/s1/i16D2,20D. The van der Waals surface area contributed by atoms with Gasteiger partial charge in [0.25, 0.3) is 0 Å². The van der Waals surface area contributed by atoms with Gasteiger partial charge < -0.3 is 14.8 Å². The van der Waals surface area contributed by atoms with Gasteiger partial charge in [-0.1, -0.05) is 12.1 Å². The smallest absolute Gasteiger partial charge is 0.335 e. The summed E-state index contributed by atoms with van der Waals surface area (Å²) < 4.78 is 33.3. The molecule has 3 aromatic rings. The fourth-order valence-corrected chi connectivity index (χ4v) is 6.36. The van der Waals surface area contributed by atoms with Gasteiger partial charge in [0.2, 0.25) is 0 Å². The first kappa shape index (κ1) is 18.9. The summed E-state index contributed by atoms with van der Waals surface area (Å²) in [6, 6.07) is 10.3. The van der Waals surface area contributed by atoms with E-state index < -0.39 is 17.7 Å². The summed E-state index contributed by atoms with van der Waals surface area (Å²) in [6.45, 7) is 0.665. The number of likely N-dealkylation sites (tertiary alicyclic amines) is 1. The van der Waals surface area contributed by atoms with E-state index in [0.717, 1.165) is 47.7 Å². The van der Waals surface area contributed by atoms with Gasteiger partial charge in [-0.15, -0.1) is 0 Å². The lowest BCUT2D eigenvalue weighted by Crippen LogP contribution is -2.49. The topological polar surface area (TPSA) is 65.6 Å². The predicted molar refractivity (Wildman–Crippen MR) is 134 cm³/mol. The van der Waals surface area contributed by atoms with Crippen molar-refractivity contribution in [3.05, 3.63) is 64.8 Å². The Kier molecular flexibility index (Phi) is 5.01. The van der Waals surface area contributed by atoms with Crippen LogP contribution < -0.4 is 4.74 Å². The highest BCUT2D eigenvalue weighted by atomic mass is 32.2. The highest BCUT2D eigenvalue weighted by molar-refractivity contribution is 7.99. The average molecular weight is 468 g/mol. The molecule has 6 heteroatoms. The Morgan fingerprint density at radius 3 is 2.76 bits per heavy atom. The predicted octanol–water partition coefficient (Wildman–Crippen LogP) is 6.03. The second kappa shape index (κ2) is 8.73. The Hall–Kier alpha value is -2.44. The van der Waals surface area contributed by atoms with Gasteiger partial charge >= 0.3 is 5.97 Å². The van der Waals surface area contributed by atoms with Crippen LogP contribution in [0.1, 0.15) is 62.9 Å². The molecule has 0 unspecified atom stereocenters. The van der Waals surface area contributed by atoms with Crippen LogP contribution in [0.2, 0.25) is 0 Å². The highest BCUT2D eigenvalue weighted by Crippen LogP contribution is 2.57. The second-order valence-corrected chi connectivity index (χ2v) is 10.3. The maximum Gasteiger partial charge on any atom is 0.335 e. The summed E-state index contributed by atoms with van der Waals surface area (Å²) in [5, 5.41) is 9.70. The van der Waals surface area contributed by atoms with Crippen LogP contribution in [-0.2, 0) is 6.50 Å². The molecule has 2 heterocycles. The van der Waals surface area contributed by atoms with Crippen LogP contribution in [0.25, 0.3) is 10.9 Å². The number of carboxylic acid groups (broad SMARTS) is 1. The number of piperidine rings is 1. The van der Waals surface area contributed by atoms with Gasteiger partial charge in [0.15, 0.2) is 0 Å². The lowest BCUT2D eigenvalue weighted by atomic mass is 9.60. The summed E-state index contributed by atoms with van der Waals surface area (Å²) in [5.74, 6) is -0.466. The number of ether oxygens (including phenoxy) is 1. The number of hydrogen-bond acceptors (Lipinski definition) is 4. The van der Waals surface area contributed by atoms with Crippen LogP contribution in [0.3, 0.4) is 0 Å². The minimum atomic E-state index is -1.85. The number of aromatic amines is 1. The molecule has 1 spiro atoms. The van der Waals surface area contributed by atoms with Crippen molar-refractivity contribution in [1.29, 1.82) is 0 Å². The summed E-state index contributed by atoms with van der Waals surface area (Å²) in [7, 11) is 1.57. The van der Waals surface area contributed by atoms with E-state index in [1.54, 1.807) is 31.0 Å². The first-order valence-corrected chi connectivity index (χ1v) is 12.6. The number of rotatable bonds is 6. The van der Waals surface area contributed by atoms with E-state index in [2.05, 4.69) is 4.98 Å². The Morgan fingerprint density at radius 2 is 2.09 bits per heavy atom. The largest absolute Gasteiger partial charge is 0.496 e. The van der Waals surface area contributed by atoms with Crippen molar-refractivity contribution in [2.45, 2.75) is 50.4 Å². The molecule has 2 N–H and O–H groups in total. The molecule has 0 radical (unpaired) electrons. The molecular weight excluding hydrogens is 432 g/mol. The number of carboxylic acids is 1. The van der Waals surface area contributed by atoms with E-state index in [-0.39, 0.29) is 17.0 Å². The molecule has 1 aromatic heterocycles. The first-order valence-electron chi connectivity index (χ1n) is 12.8. The molecule has 2 aromatic carbocycles. The molecule has 1 saturated carbocycles. The quantitative estimate of drug-likeness (QED) is 0.463. The van der Waals surface area contributed by atoms with E-state index in [1.807, 2.05) is 48.5 Å². The Bertz CT molecular complexity index is 1300. The number of nitrogens with one attached hydrogen (secondary N) is 1. The summed E-state index contributed by atoms with van der Waals surface area (Å²) >= 11 is 1.59. The molecule has 2 fully saturated rings. The van der Waals surface area contributed by atoms with E-state index in [1.165, 1.54) is 0 Å². The average Bonchev–Trinajstić information content (AvgIpc) is 3.33. The zero-order valence-corrected chi connectivity index (χ0v) is 20.1. The summed E-state index contributed by atoms with van der Waals surface area (Å²) in [5.41, 5.74) is 3.48. The van der Waals surface area contributed by atoms with E-state index in [9.17, 15) is 12.6 Å². The Balaban J connectivity index is 1.59. The second-order valence-electron chi connectivity index (χ2n) is 9.34. The third-order valence-corrected chi connectivity index (χ3v) is 8.21. The minimum absolute atomic E-state index is 0.00571. The van der Waals surface area contributed by atoms with Crippen molar-refractivity contribution in [2.24, 2.45) is 5.41 Å². The fraction of sp³-hybridized carbons (Fsp3) is 0.444. The molecular formula is C27H32N2O3S. The number of hydrogen-bond donors (Lipinski definition) is 2. The molecule has 0 bridgehead atoms. The van der Waals surface area contributed by atoms with Crippen molar-refractivity contribution in [2.75, 3.05) is 19.9 Å². The minimum Gasteiger partial charge on any atom is -0.496 e. The molecule has 174 valence electrons. The van der Waals surface area contributed by atoms with Crippen LogP contribution in [0, 0.1) is 12.3 Å². The number of thioether (sulfide) groups is 1. The third-order valence-electron chi connectivity index (χ3n) is 7.34. The van der Waals surface area contributed by atoms with Crippen LogP contribution in [0.15, 0.2) is 42.6 Å². The maximum absolute atomic E-state index is 11.4. The molecule has 1 saturated heterocycles. The van der Waals surface area contributed by atoms with Crippen LogP contribution in [-0.4, -0.2) is 46.1 Å². The number of carbonyl (C=O) groups is 1. The van der Waals surface area contributed by atoms with Gasteiger partial charge in [0, 0.05) is 44.5 Å². The van der Waals surface area contributed by atoms with Crippen molar-refractivity contribution >= 4 is 28.6 Å². The third kappa shape index (κ3) is 4.04. The van der Waals surface area contributed by atoms with E-state index >= 15 is 0 Å². The number of benzene rings is 2. The lowest BCUT2D eigenvalue weighted by Gasteiger charge is -2.55. The van der Waals surface area contributed by atoms with Crippen LogP contribution >= 0.6 is 11.8 Å².